The lowest BCUT2D eigenvalue weighted by atomic mass is 10.2. The van der Waals surface area contributed by atoms with Crippen LogP contribution in [0.2, 0.25) is 10.0 Å². The Bertz CT molecular complexity index is 883. The molecular formula is C15H18Cl2N4O3S3. The molecule has 0 radical (unpaired) electrons. The highest BCUT2D eigenvalue weighted by Gasteiger charge is 2.21. The van der Waals surface area contributed by atoms with E-state index in [1.165, 1.54) is 11.8 Å². The fraction of sp³-hybridized carbons (Fsp3) is 0.400. The molecular weight excluding hydrogens is 451 g/mol. The molecule has 7 nitrogen and oxygen atoms in total. The molecule has 1 heterocycles. The van der Waals surface area contributed by atoms with E-state index >= 15 is 0 Å². The Balaban J connectivity index is 1.83. The molecule has 1 amide bonds. The number of benzene rings is 1. The van der Waals surface area contributed by atoms with Crippen molar-refractivity contribution < 1.29 is 13.2 Å². The SMILES string of the molecule is CC(C)C(=O)Nc1nnc(S(=O)(=O)NCCSCc2c(Cl)cccc2Cl)s1. The summed E-state index contributed by atoms with van der Waals surface area (Å²) in [6.45, 7) is 3.66. The van der Waals surface area contributed by atoms with Crippen molar-refractivity contribution >= 4 is 67.4 Å². The van der Waals surface area contributed by atoms with Crippen LogP contribution in [0, 0.1) is 5.92 Å². The van der Waals surface area contributed by atoms with Gasteiger partial charge in [0.25, 0.3) is 10.0 Å². The van der Waals surface area contributed by atoms with Crippen molar-refractivity contribution in [3.05, 3.63) is 33.8 Å². The molecule has 2 aromatic rings. The van der Waals surface area contributed by atoms with Gasteiger partial charge in [-0.2, -0.15) is 11.8 Å². The normalized spacial score (nSPS) is 11.7. The van der Waals surface area contributed by atoms with Crippen molar-refractivity contribution in [2.45, 2.75) is 23.9 Å². The summed E-state index contributed by atoms with van der Waals surface area (Å²) in [5.41, 5.74) is 0.823. The molecule has 0 aliphatic heterocycles. The number of nitrogens with zero attached hydrogens (tertiary/aromatic N) is 2. The monoisotopic (exact) mass is 468 g/mol. The van der Waals surface area contributed by atoms with Crippen LogP contribution in [-0.2, 0) is 20.6 Å². The second-order valence-corrected chi connectivity index (χ2v) is 10.5. The summed E-state index contributed by atoms with van der Waals surface area (Å²) in [6.07, 6.45) is 0. The minimum Gasteiger partial charge on any atom is -0.300 e. The molecule has 0 atom stereocenters. The molecule has 0 bridgehead atoms. The van der Waals surface area contributed by atoms with Gasteiger partial charge < -0.3 is 5.32 Å². The second-order valence-electron chi connectivity index (χ2n) is 5.67. The van der Waals surface area contributed by atoms with Crippen molar-refractivity contribution in [1.82, 2.24) is 14.9 Å². The molecule has 1 aromatic carbocycles. The first-order valence-corrected chi connectivity index (χ1v) is 12.1. The van der Waals surface area contributed by atoms with E-state index in [0.717, 1.165) is 16.9 Å². The molecule has 0 aliphatic rings. The van der Waals surface area contributed by atoms with Gasteiger partial charge in [-0.25, -0.2) is 13.1 Å². The smallest absolute Gasteiger partial charge is 0.269 e. The third-order valence-corrected chi connectivity index (χ3v) is 7.60. The predicted octanol–water partition coefficient (Wildman–Crippen LogP) is 3.65. The number of thioether (sulfide) groups is 1. The van der Waals surface area contributed by atoms with Gasteiger partial charge in [-0.05, 0) is 17.7 Å². The van der Waals surface area contributed by atoms with Crippen LogP contribution in [-0.4, -0.2) is 36.8 Å². The number of carbonyl (C=O) groups is 1. The predicted molar refractivity (Wildman–Crippen MR) is 111 cm³/mol. The minimum absolute atomic E-state index is 0.150. The highest BCUT2D eigenvalue weighted by molar-refractivity contribution is 7.98. The van der Waals surface area contributed by atoms with Crippen LogP contribution < -0.4 is 10.0 Å². The summed E-state index contributed by atoms with van der Waals surface area (Å²) in [4.78, 5) is 11.6. The van der Waals surface area contributed by atoms with Crippen molar-refractivity contribution in [2.75, 3.05) is 17.6 Å². The van der Waals surface area contributed by atoms with Crippen LogP contribution in [0.15, 0.2) is 22.5 Å². The maximum absolute atomic E-state index is 12.2. The molecule has 0 spiro atoms. The van der Waals surface area contributed by atoms with Gasteiger partial charge in [0.15, 0.2) is 0 Å². The Morgan fingerprint density at radius 1 is 1.26 bits per heavy atom. The maximum atomic E-state index is 12.2. The van der Waals surface area contributed by atoms with E-state index < -0.39 is 10.0 Å². The van der Waals surface area contributed by atoms with Gasteiger partial charge in [0.1, 0.15) is 0 Å². The Kier molecular flexibility index (Phi) is 8.32. The van der Waals surface area contributed by atoms with E-state index in [1.807, 2.05) is 0 Å². The molecule has 0 aliphatic carbocycles. The van der Waals surface area contributed by atoms with E-state index in [1.54, 1.807) is 32.0 Å². The molecule has 148 valence electrons. The van der Waals surface area contributed by atoms with Crippen LogP contribution in [0.1, 0.15) is 19.4 Å². The van der Waals surface area contributed by atoms with Crippen LogP contribution in [0.5, 0.6) is 0 Å². The van der Waals surface area contributed by atoms with E-state index in [-0.39, 0.29) is 27.8 Å². The third kappa shape index (κ3) is 6.58. The Labute approximate surface area is 176 Å². The number of nitrogens with one attached hydrogen (secondary N) is 2. The molecule has 2 N–H and O–H groups in total. The quantitative estimate of drug-likeness (QED) is 0.430. The Hall–Kier alpha value is -0.910. The number of aromatic nitrogens is 2. The minimum atomic E-state index is -3.78. The van der Waals surface area contributed by atoms with E-state index in [0.29, 0.717) is 21.6 Å². The summed E-state index contributed by atoms with van der Waals surface area (Å²) >= 11 is 14.5. The average molecular weight is 469 g/mol. The zero-order chi connectivity index (χ0) is 20.0. The first-order valence-electron chi connectivity index (χ1n) is 7.85. The number of halogens is 2. The standard InChI is InChI=1S/C15H18Cl2N4O3S3/c1-9(2)13(22)19-14-20-21-15(26-14)27(23,24)18-6-7-25-8-10-11(16)4-3-5-12(10)17/h3-5,9,18H,6-8H2,1-2H3,(H,19,20,22). The third-order valence-electron chi connectivity index (χ3n) is 3.24. The topological polar surface area (TPSA) is 101 Å². The number of rotatable bonds is 9. The van der Waals surface area contributed by atoms with Crippen molar-refractivity contribution in [3.63, 3.8) is 0 Å². The molecule has 0 saturated carbocycles. The van der Waals surface area contributed by atoms with Crippen LogP contribution in [0.3, 0.4) is 0 Å². The first kappa shape index (κ1) is 22.4. The van der Waals surface area contributed by atoms with Gasteiger partial charge in [-0.1, -0.05) is 54.5 Å². The lowest BCUT2D eigenvalue weighted by Crippen LogP contribution is -2.26. The zero-order valence-corrected chi connectivity index (χ0v) is 18.5. The lowest BCUT2D eigenvalue weighted by molar-refractivity contribution is -0.118. The fourth-order valence-corrected chi connectivity index (χ4v) is 5.47. The molecule has 1 aromatic heterocycles. The molecule has 27 heavy (non-hydrogen) atoms. The summed E-state index contributed by atoms with van der Waals surface area (Å²) in [7, 11) is -3.78. The second kappa shape index (κ2) is 10.0. The van der Waals surface area contributed by atoms with Gasteiger partial charge in [0, 0.05) is 34.0 Å². The van der Waals surface area contributed by atoms with Crippen LogP contribution in [0.25, 0.3) is 0 Å². The van der Waals surface area contributed by atoms with Crippen molar-refractivity contribution in [2.24, 2.45) is 5.92 Å². The van der Waals surface area contributed by atoms with Gasteiger partial charge in [0.05, 0.1) is 0 Å². The van der Waals surface area contributed by atoms with E-state index in [4.69, 9.17) is 23.2 Å². The fourth-order valence-electron chi connectivity index (χ4n) is 1.77. The summed E-state index contributed by atoms with van der Waals surface area (Å²) in [6, 6.07) is 5.29. The summed E-state index contributed by atoms with van der Waals surface area (Å²) in [5.74, 6) is 0.606. The van der Waals surface area contributed by atoms with Gasteiger partial charge in [-0.3, -0.25) is 4.79 Å². The van der Waals surface area contributed by atoms with Gasteiger partial charge in [-0.15, -0.1) is 10.2 Å². The Morgan fingerprint density at radius 3 is 2.56 bits per heavy atom. The number of amides is 1. The molecule has 2 rings (SSSR count). The number of hydrogen-bond donors (Lipinski definition) is 2. The number of anilines is 1. The van der Waals surface area contributed by atoms with Crippen LogP contribution in [0.4, 0.5) is 5.13 Å². The summed E-state index contributed by atoms with van der Waals surface area (Å²) in [5, 5.41) is 11.2. The van der Waals surface area contributed by atoms with Gasteiger partial charge in [0.2, 0.25) is 15.4 Å². The van der Waals surface area contributed by atoms with E-state index in [2.05, 4.69) is 20.2 Å². The maximum Gasteiger partial charge on any atom is 0.269 e. The van der Waals surface area contributed by atoms with E-state index in [9.17, 15) is 13.2 Å². The highest BCUT2D eigenvalue weighted by atomic mass is 35.5. The first-order chi connectivity index (χ1) is 12.7. The molecule has 0 saturated heterocycles. The van der Waals surface area contributed by atoms with Crippen LogP contribution >= 0.6 is 46.3 Å². The largest absolute Gasteiger partial charge is 0.300 e. The molecule has 0 unspecified atom stereocenters. The highest BCUT2D eigenvalue weighted by Crippen LogP contribution is 2.28. The van der Waals surface area contributed by atoms with Crippen molar-refractivity contribution in [1.29, 1.82) is 0 Å². The Morgan fingerprint density at radius 2 is 1.93 bits per heavy atom. The summed E-state index contributed by atoms with van der Waals surface area (Å²) < 4.78 is 26.7. The number of hydrogen-bond acceptors (Lipinski definition) is 7. The zero-order valence-electron chi connectivity index (χ0n) is 14.5. The molecule has 12 heteroatoms. The lowest BCUT2D eigenvalue weighted by Gasteiger charge is -2.07. The van der Waals surface area contributed by atoms with Crippen molar-refractivity contribution in [3.8, 4) is 0 Å². The molecule has 0 fully saturated rings. The average Bonchev–Trinajstić information content (AvgIpc) is 3.06. The number of carbonyl (C=O) groups excluding carboxylic acids is 1. The number of sulfonamides is 1. The van der Waals surface area contributed by atoms with Gasteiger partial charge >= 0.3 is 0 Å².